The number of carbonyl (C=O) groups is 2. The standard InChI is InChI=1S/C19H20ClN7O4/c1-11(28)10-31-16-9-21-8-15(17(16)12(2)30-3)26-19(29)25-13-6-14(20)18(22-7-13)27-23-4-5-24-27/h4-9,12H,10H2,1-3H3,(H2,25,26,29). The molecule has 0 aromatic carbocycles. The van der Waals surface area contributed by atoms with Crippen LogP contribution in [0.5, 0.6) is 5.75 Å². The van der Waals surface area contributed by atoms with Gasteiger partial charge in [0.25, 0.3) is 0 Å². The van der Waals surface area contributed by atoms with Crippen LogP contribution in [0.4, 0.5) is 16.2 Å². The molecule has 162 valence electrons. The summed E-state index contributed by atoms with van der Waals surface area (Å²) in [6, 6.07) is 0.966. The first-order valence-electron chi connectivity index (χ1n) is 9.12. The normalized spacial score (nSPS) is 11.6. The molecule has 1 atom stereocenters. The second-order valence-corrected chi connectivity index (χ2v) is 6.80. The van der Waals surface area contributed by atoms with Crippen molar-refractivity contribution in [3.8, 4) is 11.6 Å². The molecular formula is C19H20ClN7O4. The lowest BCUT2D eigenvalue weighted by Gasteiger charge is -2.19. The largest absolute Gasteiger partial charge is 0.484 e. The van der Waals surface area contributed by atoms with E-state index in [0.29, 0.717) is 28.5 Å². The van der Waals surface area contributed by atoms with E-state index in [4.69, 9.17) is 21.1 Å². The van der Waals surface area contributed by atoms with Gasteiger partial charge in [0.05, 0.1) is 53.5 Å². The van der Waals surface area contributed by atoms with Gasteiger partial charge >= 0.3 is 6.03 Å². The fourth-order valence-corrected chi connectivity index (χ4v) is 2.88. The molecule has 3 rings (SSSR count). The number of nitrogens with one attached hydrogen (secondary N) is 2. The molecule has 2 amide bonds. The van der Waals surface area contributed by atoms with E-state index in [2.05, 4.69) is 30.8 Å². The van der Waals surface area contributed by atoms with Gasteiger partial charge in [0.1, 0.15) is 12.4 Å². The number of hydrogen-bond donors (Lipinski definition) is 2. The third-order valence-corrected chi connectivity index (χ3v) is 4.36. The second kappa shape index (κ2) is 9.96. The molecular weight excluding hydrogens is 426 g/mol. The summed E-state index contributed by atoms with van der Waals surface area (Å²) in [4.78, 5) is 33.3. The lowest BCUT2D eigenvalue weighted by atomic mass is 10.1. The lowest BCUT2D eigenvalue weighted by molar-refractivity contribution is -0.118. The highest BCUT2D eigenvalue weighted by atomic mass is 35.5. The number of ether oxygens (including phenoxy) is 2. The minimum absolute atomic E-state index is 0.123. The van der Waals surface area contributed by atoms with Gasteiger partial charge in [-0.25, -0.2) is 9.78 Å². The molecule has 0 fully saturated rings. The zero-order chi connectivity index (χ0) is 22.4. The number of methoxy groups -OCH3 is 1. The molecule has 2 N–H and O–H groups in total. The van der Waals surface area contributed by atoms with E-state index in [0.717, 1.165) is 0 Å². The topological polar surface area (TPSA) is 133 Å². The Labute approximate surface area is 182 Å². The molecule has 0 saturated carbocycles. The predicted octanol–water partition coefficient (Wildman–Crippen LogP) is 3.03. The smallest absolute Gasteiger partial charge is 0.323 e. The van der Waals surface area contributed by atoms with Crippen LogP contribution in [0.3, 0.4) is 0 Å². The molecule has 0 aliphatic heterocycles. The Morgan fingerprint density at radius 2 is 1.94 bits per heavy atom. The van der Waals surface area contributed by atoms with Crippen molar-refractivity contribution in [1.82, 2.24) is 25.0 Å². The van der Waals surface area contributed by atoms with E-state index in [1.807, 2.05) is 0 Å². The molecule has 0 bridgehead atoms. The molecule has 11 nitrogen and oxygen atoms in total. The van der Waals surface area contributed by atoms with Gasteiger partial charge in [0.15, 0.2) is 11.6 Å². The number of rotatable bonds is 8. The molecule has 0 spiro atoms. The molecule has 1 unspecified atom stereocenters. The Bertz CT molecular complexity index is 1080. The molecule has 0 aliphatic carbocycles. The van der Waals surface area contributed by atoms with E-state index < -0.39 is 12.1 Å². The Morgan fingerprint density at radius 3 is 2.58 bits per heavy atom. The number of anilines is 2. The first-order valence-corrected chi connectivity index (χ1v) is 9.50. The van der Waals surface area contributed by atoms with Crippen molar-refractivity contribution in [3.05, 3.63) is 47.6 Å². The lowest BCUT2D eigenvalue weighted by Crippen LogP contribution is -2.22. The number of halogens is 1. The van der Waals surface area contributed by atoms with Crippen LogP contribution in [0.25, 0.3) is 5.82 Å². The number of amides is 2. The number of Topliss-reactive ketones (excluding diaryl/α,β-unsaturated/α-hetero) is 1. The number of ketones is 1. The van der Waals surface area contributed by atoms with E-state index in [-0.39, 0.29) is 17.4 Å². The first-order chi connectivity index (χ1) is 14.9. The van der Waals surface area contributed by atoms with Crippen molar-refractivity contribution in [3.63, 3.8) is 0 Å². The highest BCUT2D eigenvalue weighted by molar-refractivity contribution is 6.32. The molecule has 3 heterocycles. The molecule has 0 aliphatic rings. The average Bonchev–Trinajstić information content (AvgIpc) is 3.26. The molecule has 3 aromatic heterocycles. The van der Waals surface area contributed by atoms with Gasteiger partial charge in [-0.3, -0.25) is 9.78 Å². The average molecular weight is 446 g/mol. The van der Waals surface area contributed by atoms with E-state index in [9.17, 15) is 9.59 Å². The van der Waals surface area contributed by atoms with Gasteiger partial charge in [-0.15, -0.1) is 4.80 Å². The fourth-order valence-electron chi connectivity index (χ4n) is 2.64. The fraction of sp³-hybridized carbons (Fsp3) is 0.263. The monoisotopic (exact) mass is 445 g/mol. The van der Waals surface area contributed by atoms with Crippen LogP contribution < -0.4 is 15.4 Å². The Morgan fingerprint density at radius 1 is 1.19 bits per heavy atom. The molecule has 3 aromatic rings. The summed E-state index contributed by atoms with van der Waals surface area (Å²) in [6.45, 7) is 3.07. The number of nitrogens with zero attached hydrogens (tertiary/aromatic N) is 5. The van der Waals surface area contributed by atoms with Gasteiger partial charge in [0, 0.05) is 12.7 Å². The quantitative estimate of drug-likeness (QED) is 0.540. The van der Waals surface area contributed by atoms with Gasteiger partial charge in [-0.05, 0) is 19.9 Å². The molecule has 12 heteroatoms. The Hall–Kier alpha value is -3.57. The maximum atomic E-state index is 12.6. The number of urea groups is 1. The Kier molecular flexibility index (Phi) is 7.11. The zero-order valence-corrected chi connectivity index (χ0v) is 17.8. The van der Waals surface area contributed by atoms with Crippen LogP contribution in [-0.2, 0) is 9.53 Å². The van der Waals surface area contributed by atoms with E-state index in [1.54, 1.807) is 6.92 Å². The first kappa shape index (κ1) is 22.1. The number of aromatic nitrogens is 5. The summed E-state index contributed by atoms with van der Waals surface area (Å²) in [7, 11) is 1.52. The van der Waals surface area contributed by atoms with Gasteiger partial charge in [-0.1, -0.05) is 11.6 Å². The highest BCUT2D eigenvalue weighted by Crippen LogP contribution is 2.33. The molecule has 31 heavy (non-hydrogen) atoms. The minimum Gasteiger partial charge on any atom is -0.484 e. The van der Waals surface area contributed by atoms with Gasteiger partial charge in [-0.2, -0.15) is 10.2 Å². The zero-order valence-electron chi connectivity index (χ0n) is 17.0. The number of carbonyl (C=O) groups excluding carboxylic acids is 2. The van der Waals surface area contributed by atoms with Crippen LogP contribution in [0.15, 0.2) is 37.1 Å². The van der Waals surface area contributed by atoms with E-state index >= 15 is 0 Å². The predicted molar refractivity (Wildman–Crippen MR) is 113 cm³/mol. The third kappa shape index (κ3) is 5.53. The highest BCUT2D eigenvalue weighted by Gasteiger charge is 2.19. The van der Waals surface area contributed by atoms with Gasteiger partial charge in [0.2, 0.25) is 0 Å². The van der Waals surface area contributed by atoms with Crippen LogP contribution >= 0.6 is 11.6 Å². The van der Waals surface area contributed by atoms with Crippen LogP contribution in [0, 0.1) is 0 Å². The summed E-state index contributed by atoms with van der Waals surface area (Å²) in [5.74, 6) is 0.516. The van der Waals surface area contributed by atoms with Crippen molar-refractivity contribution in [2.45, 2.75) is 20.0 Å². The van der Waals surface area contributed by atoms with Crippen LogP contribution in [0.1, 0.15) is 25.5 Å². The van der Waals surface area contributed by atoms with Crippen molar-refractivity contribution >= 4 is 34.8 Å². The van der Waals surface area contributed by atoms with Crippen LogP contribution in [0.2, 0.25) is 5.02 Å². The van der Waals surface area contributed by atoms with Crippen molar-refractivity contribution < 1.29 is 19.1 Å². The molecule has 0 saturated heterocycles. The van der Waals surface area contributed by atoms with Gasteiger partial charge < -0.3 is 20.1 Å². The summed E-state index contributed by atoms with van der Waals surface area (Å²) in [5.41, 5.74) is 1.27. The van der Waals surface area contributed by atoms with E-state index in [1.165, 1.54) is 55.9 Å². The maximum Gasteiger partial charge on any atom is 0.323 e. The van der Waals surface area contributed by atoms with Crippen LogP contribution in [-0.4, -0.2) is 50.5 Å². The molecule has 0 radical (unpaired) electrons. The maximum absolute atomic E-state index is 12.6. The summed E-state index contributed by atoms with van der Waals surface area (Å²) >= 11 is 6.23. The third-order valence-electron chi connectivity index (χ3n) is 4.08. The minimum atomic E-state index is -0.557. The second-order valence-electron chi connectivity index (χ2n) is 6.39. The summed E-state index contributed by atoms with van der Waals surface area (Å²) in [5, 5.41) is 13.5. The van der Waals surface area contributed by atoms with Crippen molar-refractivity contribution in [2.24, 2.45) is 0 Å². The Balaban J connectivity index is 1.77. The number of hydrogen-bond acceptors (Lipinski definition) is 8. The summed E-state index contributed by atoms with van der Waals surface area (Å²) in [6.07, 6.45) is 6.91. The van der Waals surface area contributed by atoms with Crippen molar-refractivity contribution in [1.29, 1.82) is 0 Å². The number of pyridine rings is 2. The SMILES string of the molecule is COC(C)c1c(NC(=O)Nc2cnc(-n3nccn3)c(Cl)c2)cncc1OCC(C)=O. The summed E-state index contributed by atoms with van der Waals surface area (Å²) < 4.78 is 10.9. The van der Waals surface area contributed by atoms with Crippen molar-refractivity contribution in [2.75, 3.05) is 24.4 Å².